The van der Waals surface area contributed by atoms with Gasteiger partial charge in [0.25, 0.3) is 0 Å². The standard InChI is InChI=1S/C15H19ClN2OS/c1-3-11(17)7-13-14(16)5-4-6-15(13)19-9-12-8-18-10(2)20-12/h4-6,8,11H,3,7,9,17H2,1-2H3. The van der Waals surface area contributed by atoms with Crippen LogP contribution >= 0.6 is 22.9 Å². The number of aryl methyl sites for hydroxylation is 1. The van der Waals surface area contributed by atoms with Crippen LogP contribution in [0.1, 0.15) is 28.8 Å². The fraction of sp³-hybridized carbons (Fsp3) is 0.400. The number of rotatable bonds is 6. The molecule has 0 aliphatic carbocycles. The average Bonchev–Trinajstić information content (AvgIpc) is 2.85. The molecule has 1 heterocycles. The van der Waals surface area contributed by atoms with Gasteiger partial charge in [0.15, 0.2) is 0 Å². The van der Waals surface area contributed by atoms with Crippen molar-refractivity contribution in [2.75, 3.05) is 0 Å². The van der Waals surface area contributed by atoms with Crippen LogP contribution in [0.3, 0.4) is 0 Å². The van der Waals surface area contributed by atoms with Gasteiger partial charge in [-0.15, -0.1) is 11.3 Å². The second kappa shape index (κ2) is 7.07. The quantitative estimate of drug-likeness (QED) is 0.878. The van der Waals surface area contributed by atoms with Crippen molar-refractivity contribution in [1.82, 2.24) is 4.98 Å². The summed E-state index contributed by atoms with van der Waals surface area (Å²) in [6.45, 7) is 4.57. The van der Waals surface area contributed by atoms with Gasteiger partial charge in [0.1, 0.15) is 12.4 Å². The number of hydrogen-bond acceptors (Lipinski definition) is 4. The molecule has 1 aromatic carbocycles. The molecular formula is C15H19ClN2OS. The number of nitrogens with zero attached hydrogens (tertiary/aromatic N) is 1. The summed E-state index contributed by atoms with van der Waals surface area (Å²) in [5, 5.41) is 1.76. The van der Waals surface area contributed by atoms with Crippen molar-refractivity contribution in [3.05, 3.63) is 44.9 Å². The van der Waals surface area contributed by atoms with Crippen LogP contribution in [0.15, 0.2) is 24.4 Å². The highest BCUT2D eigenvalue weighted by molar-refractivity contribution is 7.11. The number of nitrogens with two attached hydrogens (primary N) is 1. The predicted molar refractivity (Wildman–Crippen MR) is 84.6 cm³/mol. The second-order valence-corrected chi connectivity index (χ2v) is 6.45. The van der Waals surface area contributed by atoms with Crippen LogP contribution in [0.5, 0.6) is 5.75 Å². The number of halogens is 1. The molecule has 0 saturated carbocycles. The minimum atomic E-state index is 0.0999. The van der Waals surface area contributed by atoms with Crippen molar-refractivity contribution in [3.8, 4) is 5.75 Å². The summed E-state index contributed by atoms with van der Waals surface area (Å²) in [5.74, 6) is 0.812. The van der Waals surface area contributed by atoms with E-state index in [2.05, 4.69) is 11.9 Å². The predicted octanol–water partition coefficient (Wildman–Crippen LogP) is 3.96. The monoisotopic (exact) mass is 310 g/mol. The van der Waals surface area contributed by atoms with Crippen LogP contribution in [0, 0.1) is 6.92 Å². The van der Waals surface area contributed by atoms with Gasteiger partial charge in [-0.1, -0.05) is 24.6 Å². The van der Waals surface area contributed by atoms with Crippen LogP contribution in [-0.2, 0) is 13.0 Å². The van der Waals surface area contributed by atoms with Gasteiger partial charge in [-0.3, -0.25) is 0 Å². The first-order chi connectivity index (χ1) is 9.60. The number of thiazole rings is 1. The lowest BCUT2D eigenvalue weighted by Gasteiger charge is -2.15. The van der Waals surface area contributed by atoms with Gasteiger partial charge in [0, 0.05) is 22.8 Å². The minimum Gasteiger partial charge on any atom is -0.488 e. The van der Waals surface area contributed by atoms with E-state index in [0.29, 0.717) is 11.6 Å². The van der Waals surface area contributed by atoms with E-state index in [9.17, 15) is 0 Å². The van der Waals surface area contributed by atoms with Gasteiger partial charge in [-0.2, -0.15) is 0 Å². The van der Waals surface area contributed by atoms with Gasteiger partial charge >= 0.3 is 0 Å². The van der Waals surface area contributed by atoms with E-state index < -0.39 is 0 Å². The first-order valence-corrected chi connectivity index (χ1v) is 7.86. The van der Waals surface area contributed by atoms with Crippen molar-refractivity contribution < 1.29 is 4.74 Å². The first kappa shape index (κ1) is 15.3. The molecule has 0 bridgehead atoms. The van der Waals surface area contributed by atoms with Gasteiger partial charge in [-0.05, 0) is 31.9 Å². The summed E-state index contributed by atoms with van der Waals surface area (Å²) in [6, 6.07) is 5.82. The molecule has 1 atom stereocenters. The molecule has 20 heavy (non-hydrogen) atoms. The zero-order chi connectivity index (χ0) is 14.5. The fourth-order valence-corrected chi connectivity index (χ4v) is 2.85. The fourth-order valence-electron chi connectivity index (χ4n) is 1.90. The lowest BCUT2D eigenvalue weighted by Crippen LogP contribution is -2.22. The Kier molecular flexibility index (Phi) is 5.40. The van der Waals surface area contributed by atoms with Crippen LogP contribution in [0.25, 0.3) is 0 Å². The highest BCUT2D eigenvalue weighted by Crippen LogP contribution is 2.29. The molecule has 1 unspecified atom stereocenters. The zero-order valence-electron chi connectivity index (χ0n) is 11.7. The van der Waals surface area contributed by atoms with E-state index in [0.717, 1.165) is 34.0 Å². The lowest BCUT2D eigenvalue weighted by atomic mass is 10.0. The molecule has 0 fully saturated rings. The SMILES string of the molecule is CCC(N)Cc1c(Cl)cccc1OCc1cnc(C)s1. The van der Waals surface area contributed by atoms with Crippen molar-refractivity contribution in [3.63, 3.8) is 0 Å². The Bertz CT molecular complexity index is 571. The third-order valence-corrected chi connectivity index (χ3v) is 4.35. The molecule has 1 aromatic heterocycles. The topological polar surface area (TPSA) is 48.1 Å². The average molecular weight is 311 g/mol. The maximum absolute atomic E-state index is 6.27. The van der Waals surface area contributed by atoms with E-state index in [1.54, 1.807) is 11.3 Å². The smallest absolute Gasteiger partial charge is 0.124 e. The summed E-state index contributed by atoms with van der Waals surface area (Å²) in [6.07, 6.45) is 3.49. The molecule has 0 spiro atoms. The number of ether oxygens (including phenoxy) is 1. The summed E-state index contributed by atoms with van der Waals surface area (Å²) >= 11 is 7.91. The van der Waals surface area contributed by atoms with E-state index >= 15 is 0 Å². The van der Waals surface area contributed by atoms with E-state index in [1.165, 1.54) is 0 Å². The molecule has 2 aromatic rings. The van der Waals surface area contributed by atoms with Crippen LogP contribution in [0.2, 0.25) is 5.02 Å². The molecule has 0 radical (unpaired) electrons. The third-order valence-electron chi connectivity index (χ3n) is 3.11. The highest BCUT2D eigenvalue weighted by atomic mass is 35.5. The van der Waals surface area contributed by atoms with Gasteiger partial charge in [0.05, 0.1) is 9.88 Å². The normalized spacial score (nSPS) is 12.4. The van der Waals surface area contributed by atoms with E-state index in [1.807, 2.05) is 31.3 Å². The van der Waals surface area contributed by atoms with Crippen LogP contribution < -0.4 is 10.5 Å². The van der Waals surface area contributed by atoms with Gasteiger partial charge in [-0.25, -0.2) is 4.98 Å². The molecule has 0 amide bonds. The third kappa shape index (κ3) is 3.95. The number of benzene rings is 1. The largest absolute Gasteiger partial charge is 0.488 e. The lowest BCUT2D eigenvalue weighted by molar-refractivity contribution is 0.305. The second-order valence-electron chi connectivity index (χ2n) is 4.72. The molecule has 0 saturated heterocycles. The number of hydrogen-bond donors (Lipinski definition) is 1. The Morgan fingerprint density at radius 3 is 2.90 bits per heavy atom. The highest BCUT2D eigenvalue weighted by Gasteiger charge is 2.12. The number of aromatic nitrogens is 1. The molecule has 108 valence electrons. The van der Waals surface area contributed by atoms with Crippen molar-refractivity contribution in [2.45, 2.75) is 39.3 Å². The molecular weight excluding hydrogens is 292 g/mol. The molecule has 0 aliphatic heterocycles. The Hall–Kier alpha value is -1.10. The maximum atomic E-state index is 6.27. The van der Waals surface area contributed by atoms with Crippen molar-refractivity contribution in [2.24, 2.45) is 5.73 Å². The molecule has 3 nitrogen and oxygen atoms in total. The minimum absolute atomic E-state index is 0.0999. The Labute approximate surface area is 128 Å². The zero-order valence-corrected chi connectivity index (χ0v) is 13.3. The van der Waals surface area contributed by atoms with Gasteiger partial charge < -0.3 is 10.5 Å². The Morgan fingerprint density at radius 2 is 2.25 bits per heavy atom. The first-order valence-electron chi connectivity index (χ1n) is 6.67. The molecule has 2 rings (SSSR count). The summed E-state index contributed by atoms with van der Waals surface area (Å²) in [5.41, 5.74) is 7.02. The molecule has 2 N–H and O–H groups in total. The molecule has 5 heteroatoms. The van der Waals surface area contributed by atoms with Crippen molar-refractivity contribution in [1.29, 1.82) is 0 Å². The molecule has 0 aliphatic rings. The van der Waals surface area contributed by atoms with Crippen LogP contribution in [-0.4, -0.2) is 11.0 Å². The summed E-state index contributed by atoms with van der Waals surface area (Å²) in [4.78, 5) is 5.33. The van der Waals surface area contributed by atoms with Gasteiger partial charge in [0.2, 0.25) is 0 Å². The van der Waals surface area contributed by atoms with E-state index in [-0.39, 0.29) is 6.04 Å². The maximum Gasteiger partial charge on any atom is 0.124 e. The summed E-state index contributed by atoms with van der Waals surface area (Å²) in [7, 11) is 0. The van der Waals surface area contributed by atoms with Crippen LogP contribution in [0.4, 0.5) is 0 Å². The van der Waals surface area contributed by atoms with E-state index in [4.69, 9.17) is 22.1 Å². The Morgan fingerprint density at radius 1 is 1.45 bits per heavy atom. The Balaban J connectivity index is 2.12. The summed E-state index contributed by atoms with van der Waals surface area (Å²) < 4.78 is 5.89. The van der Waals surface area contributed by atoms with Crippen molar-refractivity contribution >= 4 is 22.9 Å².